The molecule has 7 heteroatoms. The fraction of sp³-hybridized carbons (Fsp3) is 0.600. The van der Waals surface area contributed by atoms with Crippen LogP contribution in [0.4, 0.5) is 17.6 Å². The zero-order chi connectivity index (χ0) is 12.1. The summed E-state index contributed by atoms with van der Waals surface area (Å²) in [7, 11) is 0. The molecule has 0 aliphatic carbocycles. The lowest BCUT2D eigenvalue weighted by atomic mass is 10.4. The van der Waals surface area contributed by atoms with Gasteiger partial charge in [0.15, 0.2) is 0 Å². The van der Waals surface area contributed by atoms with Crippen molar-refractivity contribution in [3.63, 3.8) is 0 Å². The highest BCUT2D eigenvalue weighted by Crippen LogP contribution is 2.10. The summed E-state index contributed by atoms with van der Waals surface area (Å²) in [5.41, 5.74) is 11.1. The minimum absolute atomic E-state index is 0.210. The van der Waals surface area contributed by atoms with E-state index in [0.29, 0.717) is 11.6 Å². The van der Waals surface area contributed by atoms with Crippen LogP contribution >= 0.6 is 11.8 Å². The Kier molecular flexibility index (Phi) is 4.27. The molecule has 94 valence electrons. The molecular weight excluding hydrogens is 236 g/mol. The molecule has 5 N–H and O–H groups in total. The van der Waals surface area contributed by atoms with Gasteiger partial charge in [0.1, 0.15) is 11.6 Å². The van der Waals surface area contributed by atoms with E-state index in [1.165, 1.54) is 24.6 Å². The van der Waals surface area contributed by atoms with Gasteiger partial charge in [-0.3, -0.25) is 4.90 Å². The molecule has 0 saturated carbocycles. The monoisotopic (exact) mass is 254 g/mol. The maximum absolute atomic E-state index is 5.59. The molecule has 0 amide bonds. The molecule has 1 aromatic heterocycles. The van der Waals surface area contributed by atoms with Gasteiger partial charge in [0.25, 0.3) is 0 Å². The van der Waals surface area contributed by atoms with Crippen LogP contribution < -0.4 is 16.8 Å². The Balaban J connectivity index is 1.77. The molecular formula is C10H18N6S. The van der Waals surface area contributed by atoms with Crippen molar-refractivity contribution in [2.75, 3.05) is 54.5 Å². The van der Waals surface area contributed by atoms with Crippen LogP contribution in [0, 0.1) is 0 Å². The lowest BCUT2D eigenvalue weighted by molar-refractivity contribution is 0.314. The van der Waals surface area contributed by atoms with Gasteiger partial charge in [-0.25, -0.2) is 0 Å². The number of nitrogens with two attached hydrogens (primary N) is 2. The molecule has 1 aliphatic heterocycles. The van der Waals surface area contributed by atoms with Crippen LogP contribution in [0.5, 0.6) is 0 Å². The molecule has 0 unspecified atom stereocenters. The molecule has 1 fully saturated rings. The van der Waals surface area contributed by atoms with Gasteiger partial charge in [-0.2, -0.15) is 21.7 Å². The van der Waals surface area contributed by atoms with Crippen molar-refractivity contribution in [1.82, 2.24) is 14.9 Å². The summed E-state index contributed by atoms with van der Waals surface area (Å²) in [5.74, 6) is 3.76. The number of rotatable bonds is 4. The Morgan fingerprint density at radius 3 is 2.76 bits per heavy atom. The average Bonchev–Trinajstić information content (AvgIpc) is 2.29. The van der Waals surface area contributed by atoms with E-state index in [9.17, 15) is 0 Å². The van der Waals surface area contributed by atoms with E-state index >= 15 is 0 Å². The van der Waals surface area contributed by atoms with E-state index < -0.39 is 0 Å². The first kappa shape index (κ1) is 12.3. The van der Waals surface area contributed by atoms with Crippen molar-refractivity contribution in [3.05, 3.63) is 6.07 Å². The predicted octanol–water partition coefficient (Wildman–Crippen LogP) is 0.102. The van der Waals surface area contributed by atoms with Crippen LogP contribution in [0.2, 0.25) is 0 Å². The third-order valence-electron chi connectivity index (χ3n) is 2.60. The molecule has 0 bridgehead atoms. The molecule has 1 aromatic rings. The van der Waals surface area contributed by atoms with E-state index in [-0.39, 0.29) is 5.95 Å². The lowest BCUT2D eigenvalue weighted by Gasteiger charge is -2.26. The zero-order valence-electron chi connectivity index (χ0n) is 9.72. The fourth-order valence-electron chi connectivity index (χ4n) is 1.74. The largest absolute Gasteiger partial charge is 0.383 e. The second kappa shape index (κ2) is 5.92. The van der Waals surface area contributed by atoms with Crippen LogP contribution in [0.25, 0.3) is 0 Å². The summed E-state index contributed by atoms with van der Waals surface area (Å²) < 4.78 is 0. The van der Waals surface area contributed by atoms with E-state index in [1.807, 2.05) is 11.8 Å². The first-order chi connectivity index (χ1) is 8.24. The van der Waals surface area contributed by atoms with E-state index in [1.54, 1.807) is 6.07 Å². The number of thioether (sulfide) groups is 1. The predicted molar refractivity (Wildman–Crippen MR) is 73.1 cm³/mol. The van der Waals surface area contributed by atoms with Crippen molar-refractivity contribution in [3.8, 4) is 0 Å². The van der Waals surface area contributed by atoms with E-state index in [2.05, 4.69) is 20.2 Å². The van der Waals surface area contributed by atoms with E-state index in [0.717, 1.165) is 13.1 Å². The number of hydrogen-bond acceptors (Lipinski definition) is 7. The van der Waals surface area contributed by atoms with Crippen LogP contribution in [0.3, 0.4) is 0 Å². The molecule has 0 atom stereocenters. The smallest absolute Gasteiger partial charge is 0.223 e. The highest BCUT2D eigenvalue weighted by Gasteiger charge is 2.09. The second-order valence-electron chi connectivity index (χ2n) is 3.92. The normalized spacial score (nSPS) is 16.9. The van der Waals surface area contributed by atoms with Gasteiger partial charge in [0.2, 0.25) is 5.95 Å². The topological polar surface area (TPSA) is 93.1 Å². The molecule has 6 nitrogen and oxygen atoms in total. The summed E-state index contributed by atoms with van der Waals surface area (Å²) in [6, 6.07) is 1.70. The Labute approximate surface area is 105 Å². The maximum atomic E-state index is 5.59. The molecule has 2 rings (SSSR count). The molecule has 1 aliphatic rings. The van der Waals surface area contributed by atoms with Crippen LogP contribution in [0.15, 0.2) is 6.07 Å². The summed E-state index contributed by atoms with van der Waals surface area (Å²) in [6.07, 6.45) is 0. The number of hydrogen-bond donors (Lipinski definition) is 3. The fourth-order valence-corrected chi connectivity index (χ4v) is 2.72. The van der Waals surface area contributed by atoms with E-state index in [4.69, 9.17) is 11.5 Å². The molecule has 1 saturated heterocycles. The Morgan fingerprint density at radius 1 is 1.29 bits per heavy atom. The van der Waals surface area contributed by atoms with Gasteiger partial charge < -0.3 is 16.8 Å². The van der Waals surface area contributed by atoms with Crippen LogP contribution in [0.1, 0.15) is 0 Å². The minimum atomic E-state index is 0.210. The van der Waals surface area contributed by atoms with Gasteiger partial charge >= 0.3 is 0 Å². The average molecular weight is 254 g/mol. The minimum Gasteiger partial charge on any atom is -0.383 e. The summed E-state index contributed by atoms with van der Waals surface area (Å²) in [4.78, 5) is 10.3. The third-order valence-corrected chi connectivity index (χ3v) is 3.54. The molecule has 17 heavy (non-hydrogen) atoms. The molecule has 0 aromatic carbocycles. The van der Waals surface area contributed by atoms with Gasteiger partial charge in [0, 0.05) is 43.8 Å². The van der Waals surface area contributed by atoms with Gasteiger partial charge in [-0.15, -0.1) is 0 Å². The Morgan fingerprint density at radius 2 is 2.06 bits per heavy atom. The van der Waals surface area contributed by atoms with Gasteiger partial charge in [-0.1, -0.05) is 0 Å². The third kappa shape index (κ3) is 3.94. The quantitative estimate of drug-likeness (QED) is 0.701. The van der Waals surface area contributed by atoms with Crippen molar-refractivity contribution in [2.24, 2.45) is 0 Å². The first-order valence-electron chi connectivity index (χ1n) is 5.68. The van der Waals surface area contributed by atoms with Crippen LogP contribution in [-0.4, -0.2) is 52.6 Å². The second-order valence-corrected chi connectivity index (χ2v) is 5.14. The molecule has 2 heterocycles. The number of nitrogens with zero attached hydrogens (tertiary/aromatic N) is 3. The zero-order valence-corrected chi connectivity index (χ0v) is 10.5. The highest BCUT2D eigenvalue weighted by atomic mass is 32.2. The molecule has 0 radical (unpaired) electrons. The maximum Gasteiger partial charge on any atom is 0.223 e. The van der Waals surface area contributed by atoms with Gasteiger partial charge in [0.05, 0.1) is 0 Å². The first-order valence-corrected chi connectivity index (χ1v) is 6.83. The number of nitrogen functional groups attached to an aromatic ring is 2. The lowest BCUT2D eigenvalue weighted by Crippen LogP contribution is -2.36. The molecule has 0 spiro atoms. The summed E-state index contributed by atoms with van der Waals surface area (Å²) >= 11 is 2.02. The van der Waals surface area contributed by atoms with Crippen molar-refractivity contribution >= 4 is 29.3 Å². The number of nitrogens with one attached hydrogen (secondary N) is 1. The summed E-state index contributed by atoms with van der Waals surface area (Å²) in [6.45, 7) is 4.20. The van der Waals surface area contributed by atoms with Crippen LogP contribution in [-0.2, 0) is 0 Å². The number of anilines is 3. The SMILES string of the molecule is Nc1cc(NCCN2CCSCC2)nc(N)n1. The van der Waals surface area contributed by atoms with Crippen molar-refractivity contribution in [1.29, 1.82) is 0 Å². The standard InChI is InChI=1S/C10H18N6S/c11-8-7-9(15-10(12)14-8)13-1-2-16-3-5-17-6-4-16/h7H,1-6H2,(H5,11,12,13,14,15). The van der Waals surface area contributed by atoms with Crippen molar-refractivity contribution < 1.29 is 0 Å². The summed E-state index contributed by atoms with van der Waals surface area (Å²) in [5, 5.41) is 3.21. The Bertz CT molecular complexity index is 346. The van der Waals surface area contributed by atoms with Gasteiger partial charge in [-0.05, 0) is 0 Å². The highest BCUT2D eigenvalue weighted by molar-refractivity contribution is 7.99. The van der Waals surface area contributed by atoms with Crippen molar-refractivity contribution in [2.45, 2.75) is 0 Å². The number of aromatic nitrogens is 2. The Hall–Kier alpha value is -1.21.